The number of benzene rings is 2. The largest absolute Gasteiger partial charge is 0.493 e. The Morgan fingerprint density at radius 3 is 2.11 bits per heavy atom. The summed E-state index contributed by atoms with van der Waals surface area (Å²) in [5.74, 6) is 3.46. The van der Waals surface area contributed by atoms with E-state index in [2.05, 4.69) is 17.0 Å². The summed E-state index contributed by atoms with van der Waals surface area (Å²) >= 11 is 0. The lowest BCUT2D eigenvalue weighted by atomic mass is 9.90. The van der Waals surface area contributed by atoms with E-state index in [1.807, 2.05) is 6.07 Å². The van der Waals surface area contributed by atoms with Crippen molar-refractivity contribution >= 4 is 0 Å². The maximum Gasteiger partial charge on any atom is 0.164 e. The predicted octanol–water partition coefficient (Wildman–Crippen LogP) is 3.77. The highest BCUT2D eigenvalue weighted by atomic mass is 16.5. The molecule has 2 aliphatic rings. The van der Waals surface area contributed by atoms with Crippen molar-refractivity contribution in [3.05, 3.63) is 46.0 Å². The van der Waals surface area contributed by atoms with E-state index in [1.54, 1.807) is 28.4 Å². The van der Waals surface area contributed by atoms with Crippen LogP contribution in [-0.4, -0.2) is 39.9 Å². The molecule has 2 aromatic rings. The molecule has 28 heavy (non-hydrogen) atoms. The average Bonchev–Trinajstić information content (AvgIpc) is 3.22. The maximum absolute atomic E-state index is 5.80. The van der Waals surface area contributed by atoms with E-state index < -0.39 is 0 Å². The number of hydrogen-bond acceptors (Lipinski definition) is 5. The second-order valence-electron chi connectivity index (χ2n) is 7.48. The van der Waals surface area contributed by atoms with Crippen LogP contribution in [0.5, 0.6) is 23.0 Å². The van der Waals surface area contributed by atoms with E-state index in [0.717, 1.165) is 61.9 Å². The number of rotatable bonds is 6. The van der Waals surface area contributed by atoms with Gasteiger partial charge in [-0.25, -0.2) is 0 Å². The van der Waals surface area contributed by atoms with Crippen molar-refractivity contribution in [2.75, 3.05) is 35.0 Å². The lowest BCUT2D eigenvalue weighted by Gasteiger charge is -2.32. The first-order valence-corrected chi connectivity index (χ1v) is 9.90. The fourth-order valence-electron chi connectivity index (χ4n) is 4.75. The Hall–Kier alpha value is -2.40. The minimum atomic E-state index is 0.768. The van der Waals surface area contributed by atoms with Gasteiger partial charge in [0.1, 0.15) is 0 Å². The molecule has 5 nitrogen and oxygen atoms in total. The van der Waals surface area contributed by atoms with Crippen LogP contribution in [0.2, 0.25) is 0 Å². The van der Waals surface area contributed by atoms with Crippen molar-refractivity contribution in [2.45, 2.75) is 38.8 Å². The first-order valence-electron chi connectivity index (χ1n) is 9.90. The van der Waals surface area contributed by atoms with Crippen LogP contribution in [0.1, 0.15) is 34.2 Å². The SMILES string of the molecule is COc1ccc(CN2CCc3c(c4c(c(OC)c3OC)CCC4)C2)cc1OC. The van der Waals surface area contributed by atoms with Crippen LogP contribution in [0.15, 0.2) is 18.2 Å². The van der Waals surface area contributed by atoms with E-state index in [-0.39, 0.29) is 0 Å². The number of ether oxygens (including phenoxy) is 4. The van der Waals surface area contributed by atoms with Gasteiger partial charge in [-0.1, -0.05) is 6.07 Å². The molecule has 0 atom stereocenters. The molecule has 0 spiro atoms. The summed E-state index contributed by atoms with van der Waals surface area (Å²) < 4.78 is 22.4. The molecule has 2 aromatic carbocycles. The third kappa shape index (κ3) is 3.18. The van der Waals surface area contributed by atoms with Gasteiger partial charge >= 0.3 is 0 Å². The molecule has 1 aliphatic carbocycles. The van der Waals surface area contributed by atoms with Crippen LogP contribution in [0.4, 0.5) is 0 Å². The van der Waals surface area contributed by atoms with Crippen LogP contribution in [0.25, 0.3) is 0 Å². The molecule has 1 heterocycles. The molecule has 0 saturated carbocycles. The molecule has 1 aliphatic heterocycles. The molecule has 0 radical (unpaired) electrons. The molecule has 150 valence electrons. The van der Waals surface area contributed by atoms with Gasteiger partial charge in [-0.2, -0.15) is 0 Å². The van der Waals surface area contributed by atoms with E-state index in [4.69, 9.17) is 18.9 Å². The van der Waals surface area contributed by atoms with Crippen LogP contribution in [-0.2, 0) is 32.4 Å². The van der Waals surface area contributed by atoms with Crippen LogP contribution in [0.3, 0.4) is 0 Å². The zero-order valence-corrected chi connectivity index (χ0v) is 17.3. The fraction of sp³-hybridized carbons (Fsp3) is 0.478. The van der Waals surface area contributed by atoms with Gasteiger partial charge in [-0.05, 0) is 54.5 Å². The van der Waals surface area contributed by atoms with Crippen LogP contribution in [0, 0.1) is 0 Å². The second kappa shape index (κ2) is 7.92. The number of nitrogens with zero attached hydrogens (tertiary/aromatic N) is 1. The number of fused-ring (bicyclic) bond motifs is 3. The molecule has 4 rings (SSSR count). The fourth-order valence-corrected chi connectivity index (χ4v) is 4.75. The molecular weight excluding hydrogens is 354 g/mol. The van der Waals surface area contributed by atoms with E-state index >= 15 is 0 Å². The number of hydrogen-bond donors (Lipinski definition) is 0. The van der Waals surface area contributed by atoms with Gasteiger partial charge < -0.3 is 18.9 Å². The molecule has 0 saturated heterocycles. The molecule has 0 bridgehead atoms. The Bertz CT molecular complexity index is 878. The third-order valence-electron chi connectivity index (χ3n) is 6.02. The lowest BCUT2D eigenvalue weighted by Crippen LogP contribution is -2.31. The molecule has 0 fully saturated rings. The Kier molecular flexibility index (Phi) is 5.36. The van der Waals surface area contributed by atoms with Gasteiger partial charge in [0.15, 0.2) is 23.0 Å². The molecule has 0 unspecified atom stereocenters. The summed E-state index contributed by atoms with van der Waals surface area (Å²) in [4.78, 5) is 2.51. The monoisotopic (exact) mass is 383 g/mol. The van der Waals surface area contributed by atoms with Crippen LogP contribution >= 0.6 is 0 Å². The Labute approximate surface area is 167 Å². The van der Waals surface area contributed by atoms with Gasteiger partial charge in [-0.3, -0.25) is 4.90 Å². The van der Waals surface area contributed by atoms with Gasteiger partial charge in [-0.15, -0.1) is 0 Å². The highest BCUT2D eigenvalue weighted by Crippen LogP contribution is 2.46. The van der Waals surface area contributed by atoms with Gasteiger partial charge in [0.05, 0.1) is 28.4 Å². The smallest absolute Gasteiger partial charge is 0.164 e. The quantitative estimate of drug-likeness (QED) is 0.759. The van der Waals surface area contributed by atoms with Gasteiger partial charge in [0.2, 0.25) is 0 Å². The summed E-state index contributed by atoms with van der Waals surface area (Å²) in [6.45, 7) is 2.84. The predicted molar refractivity (Wildman–Crippen MR) is 109 cm³/mol. The normalized spacial score (nSPS) is 15.7. The molecular formula is C23H29NO4. The highest BCUT2D eigenvalue weighted by Gasteiger charge is 2.31. The first kappa shape index (κ1) is 18.9. The maximum atomic E-state index is 5.80. The van der Waals surface area contributed by atoms with Crippen molar-refractivity contribution in [1.29, 1.82) is 0 Å². The van der Waals surface area contributed by atoms with Crippen molar-refractivity contribution in [3.8, 4) is 23.0 Å². The topological polar surface area (TPSA) is 40.2 Å². The van der Waals surface area contributed by atoms with E-state index in [1.165, 1.54) is 34.2 Å². The minimum absolute atomic E-state index is 0.768. The Morgan fingerprint density at radius 2 is 1.43 bits per heavy atom. The standard InChI is InChI=1S/C23H29NO4/c1-25-20-9-8-15(12-21(20)26-2)13-24-11-10-18-19(14-24)16-6-5-7-17(16)22(27-3)23(18)28-4/h8-9,12H,5-7,10-11,13-14H2,1-4H3. The lowest BCUT2D eigenvalue weighted by molar-refractivity contribution is 0.239. The molecule has 0 aromatic heterocycles. The third-order valence-corrected chi connectivity index (χ3v) is 6.02. The van der Waals surface area contributed by atoms with Crippen molar-refractivity contribution in [3.63, 3.8) is 0 Å². The number of methoxy groups -OCH3 is 4. The first-order chi connectivity index (χ1) is 13.7. The second-order valence-corrected chi connectivity index (χ2v) is 7.48. The highest BCUT2D eigenvalue weighted by molar-refractivity contribution is 5.62. The molecule has 5 heteroatoms. The summed E-state index contributed by atoms with van der Waals surface area (Å²) in [5.41, 5.74) is 6.87. The zero-order valence-electron chi connectivity index (χ0n) is 17.3. The average molecular weight is 383 g/mol. The summed E-state index contributed by atoms with van der Waals surface area (Å²) in [7, 11) is 6.87. The van der Waals surface area contributed by atoms with Crippen LogP contribution < -0.4 is 18.9 Å². The zero-order chi connectivity index (χ0) is 19.7. The van der Waals surface area contributed by atoms with Gasteiger partial charge in [0.25, 0.3) is 0 Å². The minimum Gasteiger partial charge on any atom is -0.493 e. The molecule has 0 amide bonds. The van der Waals surface area contributed by atoms with Crippen molar-refractivity contribution < 1.29 is 18.9 Å². The summed E-state index contributed by atoms with van der Waals surface area (Å²) in [6.07, 6.45) is 4.40. The molecule has 0 N–H and O–H groups in total. The van der Waals surface area contributed by atoms with Crippen molar-refractivity contribution in [2.24, 2.45) is 0 Å². The summed E-state index contributed by atoms with van der Waals surface area (Å²) in [6, 6.07) is 6.18. The van der Waals surface area contributed by atoms with Crippen molar-refractivity contribution in [1.82, 2.24) is 4.90 Å². The summed E-state index contributed by atoms with van der Waals surface area (Å²) in [5, 5.41) is 0. The van der Waals surface area contributed by atoms with E-state index in [9.17, 15) is 0 Å². The van der Waals surface area contributed by atoms with Gasteiger partial charge in [0, 0.05) is 30.8 Å². The Morgan fingerprint density at radius 1 is 0.750 bits per heavy atom. The van der Waals surface area contributed by atoms with E-state index in [0.29, 0.717) is 0 Å². The Balaban J connectivity index is 1.63.